The molecule has 0 unspecified atom stereocenters. The van der Waals surface area contributed by atoms with E-state index in [2.05, 4.69) is 15.5 Å². The molecule has 0 saturated carbocycles. The second kappa shape index (κ2) is 12.4. The van der Waals surface area contributed by atoms with Gasteiger partial charge in [-0.15, -0.1) is 0 Å². The first-order valence-electron chi connectivity index (χ1n) is 13.7. The molecule has 2 heterocycles. The van der Waals surface area contributed by atoms with E-state index < -0.39 is 0 Å². The second-order valence-electron chi connectivity index (χ2n) is 11.4. The summed E-state index contributed by atoms with van der Waals surface area (Å²) >= 11 is 0. The molecule has 4 rings (SSSR count). The Morgan fingerprint density at radius 1 is 0.868 bits per heavy atom. The highest BCUT2D eigenvalue weighted by Gasteiger charge is 2.25. The molecule has 2 fully saturated rings. The molecule has 3 amide bonds. The van der Waals surface area contributed by atoms with E-state index in [-0.39, 0.29) is 23.1 Å². The van der Waals surface area contributed by atoms with E-state index >= 15 is 0 Å². The van der Waals surface area contributed by atoms with E-state index in [4.69, 9.17) is 0 Å². The average Bonchev–Trinajstić information content (AvgIpc) is 3.15. The number of carbonyl (C=O) groups excluding carboxylic acids is 3. The quantitative estimate of drug-likeness (QED) is 0.611. The van der Waals surface area contributed by atoms with Gasteiger partial charge >= 0.3 is 0 Å². The molecule has 2 aromatic rings. The van der Waals surface area contributed by atoms with Crippen molar-refractivity contribution in [3.05, 3.63) is 59.7 Å². The Balaban J connectivity index is 1.51. The maximum absolute atomic E-state index is 13.2. The molecule has 2 N–H and O–H groups in total. The van der Waals surface area contributed by atoms with Gasteiger partial charge in [0.1, 0.15) is 0 Å². The Labute approximate surface area is 226 Å². The molecule has 8 nitrogen and oxygen atoms in total. The van der Waals surface area contributed by atoms with Gasteiger partial charge in [0.2, 0.25) is 11.8 Å². The summed E-state index contributed by atoms with van der Waals surface area (Å²) in [7, 11) is 0. The number of nitrogens with one attached hydrogen (secondary N) is 2. The number of anilines is 2. The summed E-state index contributed by atoms with van der Waals surface area (Å²) in [5.41, 5.74) is 3.00. The highest BCUT2D eigenvalue weighted by Crippen LogP contribution is 2.30. The molecule has 0 radical (unpaired) electrons. The third kappa shape index (κ3) is 7.57. The van der Waals surface area contributed by atoms with Gasteiger partial charge < -0.3 is 25.3 Å². The SMILES string of the molecule is CC(C)(C)CC(=O)Nc1cc(C(=O)N2CCNCC2)ccc1N1CCCN(C(=O)Cc2ccccc2)CC1. The molecule has 2 aromatic carbocycles. The molecule has 8 heteroatoms. The van der Waals surface area contributed by atoms with Crippen LogP contribution in [0.1, 0.15) is 49.5 Å². The number of rotatable bonds is 6. The minimum atomic E-state index is -0.152. The molecule has 204 valence electrons. The second-order valence-corrected chi connectivity index (χ2v) is 11.4. The van der Waals surface area contributed by atoms with Gasteiger partial charge in [-0.3, -0.25) is 14.4 Å². The van der Waals surface area contributed by atoms with Crippen LogP contribution in [0.15, 0.2) is 48.5 Å². The first-order chi connectivity index (χ1) is 18.2. The van der Waals surface area contributed by atoms with Crippen LogP contribution in [0.2, 0.25) is 0 Å². The van der Waals surface area contributed by atoms with Crippen LogP contribution in [0.25, 0.3) is 0 Å². The van der Waals surface area contributed by atoms with Gasteiger partial charge in [0.15, 0.2) is 0 Å². The van der Waals surface area contributed by atoms with E-state index in [0.717, 1.165) is 37.3 Å². The maximum atomic E-state index is 13.2. The zero-order chi connectivity index (χ0) is 27.1. The van der Waals surface area contributed by atoms with Crippen molar-refractivity contribution in [3.8, 4) is 0 Å². The van der Waals surface area contributed by atoms with Crippen LogP contribution in [-0.4, -0.2) is 79.9 Å². The molecule has 0 atom stereocenters. The van der Waals surface area contributed by atoms with Crippen molar-refractivity contribution in [1.82, 2.24) is 15.1 Å². The van der Waals surface area contributed by atoms with E-state index in [9.17, 15) is 14.4 Å². The number of carbonyl (C=O) groups is 3. The van der Waals surface area contributed by atoms with Crippen LogP contribution in [0.5, 0.6) is 0 Å². The third-order valence-corrected chi connectivity index (χ3v) is 7.00. The number of amides is 3. The summed E-state index contributed by atoms with van der Waals surface area (Å²) in [6, 6.07) is 15.5. The third-order valence-electron chi connectivity index (χ3n) is 7.00. The number of hydrogen-bond acceptors (Lipinski definition) is 5. The summed E-state index contributed by atoms with van der Waals surface area (Å²) in [5, 5.41) is 6.38. The molecule has 2 aliphatic rings. The van der Waals surface area contributed by atoms with Gasteiger partial charge in [0.25, 0.3) is 5.91 Å². The predicted octanol–water partition coefficient (Wildman–Crippen LogP) is 3.39. The molecule has 0 bridgehead atoms. The van der Waals surface area contributed by atoms with Gasteiger partial charge in [-0.1, -0.05) is 51.1 Å². The van der Waals surface area contributed by atoms with Crippen LogP contribution in [0, 0.1) is 5.41 Å². The average molecular weight is 520 g/mol. The first kappa shape index (κ1) is 27.6. The van der Waals surface area contributed by atoms with E-state index in [1.54, 1.807) is 0 Å². The zero-order valence-corrected chi connectivity index (χ0v) is 23.0. The van der Waals surface area contributed by atoms with E-state index in [0.29, 0.717) is 56.8 Å². The van der Waals surface area contributed by atoms with Crippen LogP contribution in [0.3, 0.4) is 0 Å². The maximum Gasteiger partial charge on any atom is 0.254 e. The monoisotopic (exact) mass is 519 g/mol. The molecular formula is C30H41N5O3. The Morgan fingerprint density at radius 2 is 1.61 bits per heavy atom. The van der Waals surface area contributed by atoms with Crippen LogP contribution < -0.4 is 15.5 Å². The highest BCUT2D eigenvalue weighted by atomic mass is 16.2. The number of piperazine rings is 1. The normalized spacial score (nSPS) is 16.7. The lowest BCUT2D eigenvalue weighted by atomic mass is 9.92. The van der Waals surface area contributed by atoms with Crippen LogP contribution in [0.4, 0.5) is 11.4 Å². The Hall–Kier alpha value is -3.39. The largest absolute Gasteiger partial charge is 0.368 e. The van der Waals surface area contributed by atoms with Crippen molar-refractivity contribution in [2.75, 3.05) is 62.6 Å². The molecule has 0 aliphatic carbocycles. The number of hydrogen-bond donors (Lipinski definition) is 2. The standard InChI is InChI=1S/C30H41N5O3/c1-30(2,3)22-27(36)32-25-21-24(29(38)35-16-12-31-13-17-35)10-11-26(25)33-14-7-15-34(19-18-33)28(37)20-23-8-5-4-6-9-23/h4-6,8-11,21,31H,7,12-20,22H2,1-3H3,(H,32,36). The first-order valence-corrected chi connectivity index (χ1v) is 13.7. The summed E-state index contributed by atoms with van der Waals surface area (Å²) < 4.78 is 0. The Bertz CT molecular complexity index is 1120. The molecule has 0 spiro atoms. The lowest BCUT2D eigenvalue weighted by Gasteiger charge is -2.29. The molecule has 38 heavy (non-hydrogen) atoms. The van der Waals surface area contributed by atoms with E-state index in [1.165, 1.54) is 0 Å². The molecule has 0 aromatic heterocycles. The number of benzene rings is 2. The van der Waals surface area contributed by atoms with Crippen molar-refractivity contribution in [1.29, 1.82) is 0 Å². The summed E-state index contributed by atoms with van der Waals surface area (Å²) in [4.78, 5) is 45.1. The highest BCUT2D eigenvalue weighted by molar-refractivity contribution is 6.00. The summed E-state index contributed by atoms with van der Waals surface area (Å²) in [6.07, 6.45) is 1.61. The lowest BCUT2D eigenvalue weighted by Crippen LogP contribution is -2.46. The van der Waals surface area contributed by atoms with Crippen molar-refractivity contribution < 1.29 is 14.4 Å². The fraction of sp³-hybridized carbons (Fsp3) is 0.500. The predicted molar refractivity (Wildman–Crippen MR) is 151 cm³/mol. The minimum Gasteiger partial charge on any atom is -0.368 e. The zero-order valence-electron chi connectivity index (χ0n) is 23.0. The van der Waals surface area contributed by atoms with E-state index in [1.807, 2.05) is 79.1 Å². The molecule has 2 aliphatic heterocycles. The minimum absolute atomic E-state index is 0.0158. The van der Waals surface area contributed by atoms with Crippen LogP contribution in [-0.2, 0) is 16.0 Å². The molecule has 2 saturated heterocycles. The smallest absolute Gasteiger partial charge is 0.254 e. The van der Waals surface area contributed by atoms with Gasteiger partial charge in [0.05, 0.1) is 17.8 Å². The van der Waals surface area contributed by atoms with Gasteiger partial charge in [0, 0.05) is 64.3 Å². The van der Waals surface area contributed by atoms with Crippen molar-refractivity contribution >= 4 is 29.1 Å². The fourth-order valence-electron chi connectivity index (χ4n) is 5.06. The topological polar surface area (TPSA) is 85.0 Å². The van der Waals surface area contributed by atoms with Gasteiger partial charge in [-0.05, 0) is 35.6 Å². The Kier molecular flexibility index (Phi) is 9.05. The van der Waals surface area contributed by atoms with Gasteiger partial charge in [-0.2, -0.15) is 0 Å². The fourth-order valence-corrected chi connectivity index (χ4v) is 5.06. The van der Waals surface area contributed by atoms with Gasteiger partial charge in [-0.25, -0.2) is 0 Å². The lowest BCUT2D eigenvalue weighted by molar-refractivity contribution is -0.130. The van der Waals surface area contributed by atoms with Crippen molar-refractivity contribution in [2.24, 2.45) is 5.41 Å². The van der Waals surface area contributed by atoms with Crippen molar-refractivity contribution in [2.45, 2.75) is 40.0 Å². The van der Waals surface area contributed by atoms with Crippen molar-refractivity contribution in [3.63, 3.8) is 0 Å². The molecular weight excluding hydrogens is 478 g/mol. The summed E-state index contributed by atoms with van der Waals surface area (Å²) in [5.74, 6) is 0.0478. The Morgan fingerprint density at radius 3 is 2.32 bits per heavy atom. The van der Waals surface area contributed by atoms with Crippen LogP contribution >= 0.6 is 0 Å². The summed E-state index contributed by atoms with van der Waals surface area (Å²) in [6.45, 7) is 11.8. The number of nitrogens with zero attached hydrogens (tertiary/aromatic N) is 3.